The van der Waals surface area contributed by atoms with Gasteiger partial charge in [-0.15, -0.1) is 0 Å². The maximum Gasteiger partial charge on any atom is 0.363 e. The Kier molecular flexibility index (Phi) is 3.96. The Morgan fingerprint density at radius 1 is 1.52 bits per heavy atom. The highest BCUT2D eigenvalue weighted by Gasteiger charge is 2.62. The van der Waals surface area contributed by atoms with E-state index in [-0.39, 0.29) is 0 Å². The molecule has 2 rings (SSSR count). The van der Waals surface area contributed by atoms with E-state index in [1.54, 1.807) is 0 Å². The second kappa shape index (κ2) is 5.41. The van der Waals surface area contributed by atoms with E-state index in [0.717, 1.165) is 19.4 Å². The number of hydrogen-bond donors (Lipinski definition) is 4. The van der Waals surface area contributed by atoms with Crippen molar-refractivity contribution in [3.63, 3.8) is 0 Å². The first-order valence-electron chi connectivity index (χ1n) is 5.94. The van der Waals surface area contributed by atoms with Gasteiger partial charge in [-0.1, -0.05) is 0 Å². The summed E-state index contributed by atoms with van der Waals surface area (Å²) in [6, 6.07) is 0.931. The van der Waals surface area contributed by atoms with Crippen LogP contribution in [0, 0.1) is 0 Å². The molecule has 0 saturated carbocycles. The molecule has 1 fully saturated rings. The molecule has 0 radical (unpaired) electrons. The second-order valence-corrected chi connectivity index (χ2v) is 4.44. The molecular weight excluding hydrogens is 288 g/mol. The van der Waals surface area contributed by atoms with Crippen LogP contribution in [0.4, 0.5) is 0 Å². The average molecular weight is 302 g/mol. The maximum atomic E-state index is 12.0. The van der Waals surface area contributed by atoms with E-state index in [4.69, 9.17) is 9.84 Å². The van der Waals surface area contributed by atoms with E-state index >= 15 is 0 Å². The molecule has 0 amide bonds. The smallest absolute Gasteiger partial charge is 0.363 e. The number of aromatic nitrogens is 2. The fraction of sp³-hybridized carbons (Fsp3) is 0.545. The lowest BCUT2D eigenvalue weighted by molar-refractivity contribution is -0.199. The third-order valence-corrected chi connectivity index (χ3v) is 3.28. The molecule has 1 aliphatic rings. The quantitative estimate of drug-likeness (QED) is 0.419. The van der Waals surface area contributed by atoms with Crippen molar-refractivity contribution in [1.29, 1.82) is 0 Å². The Morgan fingerprint density at radius 2 is 2.19 bits per heavy atom. The van der Waals surface area contributed by atoms with Gasteiger partial charge in [-0.3, -0.25) is 14.3 Å². The number of aromatic amines is 1. The van der Waals surface area contributed by atoms with Gasteiger partial charge in [-0.2, -0.15) is 0 Å². The predicted molar refractivity (Wildman–Crippen MR) is 65.3 cm³/mol. The molecule has 10 heteroatoms. The Hall–Kier alpha value is -2.01. The summed E-state index contributed by atoms with van der Waals surface area (Å²) < 4.78 is 10.3. The van der Waals surface area contributed by atoms with Crippen LogP contribution >= 0.6 is 0 Å². The van der Waals surface area contributed by atoms with Crippen LogP contribution in [0.25, 0.3) is 0 Å². The van der Waals surface area contributed by atoms with Crippen molar-refractivity contribution >= 4 is 5.97 Å². The number of aliphatic hydroxyl groups is 3. The number of esters is 1. The summed E-state index contributed by atoms with van der Waals surface area (Å²) in [6.45, 7) is -0.699. The molecule has 1 aromatic heterocycles. The molecule has 10 nitrogen and oxygen atoms in total. The van der Waals surface area contributed by atoms with E-state index in [2.05, 4.69) is 4.74 Å². The lowest BCUT2D eigenvalue weighted by Crippen LogP contribution is -2.57. The van der Waals surface area contributed by atoms with Gasteiger partial charge in [0.05, 0.1) is 13.7 Å². The van der Waals surface area contributed by atoms with E-state index < -0.39 is 47.9 Å². The van der Waals surface area contributed by atoms with Crippen molar-refractivity contribution in [1.82, 2.24) is 9.55 Å². The Bertz CT molecular complexity index is 652. The van der Waals surface area contributed by atoms with E-state index in [1.807, 2.05) is 4.98 Å². The number of H-pyrrole nitrogens is 1. The van der Waals surface area contributed by atoms with Crippen molar-refractivity contribution < 1.29 is 29.6 Å². The lowest BCUT2D eigenvalue weighted by Gasteiger charge is -2.30. The van der Waals surface area contributed by atoms with Crippen LogP contribution in [-0.2, 0) is 20.0 Å². The minimum Gasteiger partial charge on any atom is -0.465 e. The summed E-state index contributed by atoms with van der Waals surface area (Å²) in [6.07, 6.45) is -3.90. The van der Waals surface area contributed by atoms with Crippen LogP contribution in [-0.4, -0.2) is 62.9 Å². The molecule has 1 aliphatic heterocycles. The van der Waals surface area contributed by atoms with Gasteiger partial charge in [0, 0.05) is 12.3 Å². The number of methoxy groups -OCH3 is 1. The van der Waals surface area contributed by atoms with Gasteiger partial charge >= 0.3 is 11.7 Å². The van der Waals surface area contributed by atoms with E-state index in [0.29, 0.717) is 4.57 Å². The lowest BCUT2D eigenvalue weighted by atomic mass is 10.0. The van der Waals surface area contributed by atoms with Gasteiger partial charge in [-0.25, -0.2) is 9.59 Å². The summed E-state index contributed by atoms with van der Waals surface area (Å²) >= 11 is 0. The van der Waals surface area contributed by atoms with Gasteiger partial charge < -0.3 is 24.8 Å². The number of rotatable bonds is 3. The fourth-order valence-electron chi connectivity index (χ4n) is 2.24. The number of carbonyl (C=O) groups excluding carboxylic acids is 1. The molecule has 0 aromatic carbocycles. The van der Waals surface area contributed by atoms with E-state index in [1.165, 1.54) is 0 Å². The van der Waals surface area contributed by atoms with Crippen molar-refractivity contribution in [2.75, 3.05) is 13.7 Å². The van der Waals surface area contributed by atoms with Gasteiger partial charge in [0.1, 0.15) is 18.3 Å². The average Bonchev–Trinajstić information content (AvgIpc) is 2.72. The molecule has 0 spiro atoms. The first-order chi connectivity index (χ1) is 9.88. The molecule has 1 saturated heterocycles. The molecule has 2 heterocycles. The molecule has 1 aromatic rings. The highest BCUT2D eigenvalue weighted by molar-refractivity contribution is 5.78. The molecule has 0 unspecified atom stereocenters. The summed E-state index contributed by atoms with van der Waals surface area (Å²) in [5.74, 6) is -1.17. The predicted octanol–water partition coefficient (Wildman–Crippen LogP) is -3.52. The van der Waals surface area contributed by atoms with Crippen molar-refractivity contribution in [3.05, 3.63) is 33.1 Å². The standard InChI is InChI=1S/C11H14N2O8/c1-20-9(18)11(8(17)7(16)5(4-14)21-11)13-3-2-6(15)12-10(13)19/h2-3,5,7-8,14,16-17H,4H2,1H3,(H,12,15,19)/t5-,7-,8-,11+/m1/s1. The first-order valence-corrected chi connectivity index (χ1v) is 5.94. The molecule has 116 valence electrons. The second-order valence-electron chi connectivity index (χ2n) is 4.44. The summed E-state index contributed by atoms with van der Waals surface area (Å²) in [5.41, 5.74) is -4.16. The third-order valence-electron chi connectivity index (χ3n) is 3.28. The molecular formula is C11H14N2O8. The molecule has 21 heavy (non-hydrogen) atoms. The van der Waals surface area contributed by atoms with Crippen LogP contribution in [0.15, 0.2) is 21.9 Å². The number of aliphatic hydroxyl groups excluding tert-OH is 3. The molecule has 0 bridgehead atoms. The van der Waals surface area contributed by atoms with Crippen LogP contribution in [0.2, 0.25) is 0 Å². The number of ether oxygens (including phenoxy) is 2. The Balaban J connectivity index is 2.67. The zero-order valence-electron chi connectivity index (χ0n) is 10.9. The topological polar surface area (TPSA) is 151 Å². The molecule has 4 N–H and O–H groups in total. The van der Waals surface area contributed by atoms with Crippen molar-refractivity contribution in [2.45, 2.75) is 24.0 Å². The van der Waals surface area contributed by atoms with Crippen molar-refractivity contribution in [2.24, 2.45) is 0 Å². The highest BCUT2D eigenvalue weighted by Crippen LogP contribution is 2.35. The summed E-state index contributed by atoms with van der Waals surface area (Å²) in [7, 11) is 0.996. The van der Waals surface area contributed by atoms with E-state index in [9.17, 15) is 24.6 Å². The van der Waals surface area contributed by atoms with Crippen LogP contribution in [0.3, 0.4) is 0 Å². The summed E-state index contributed by atoms with van der Waals surface area (Å²) in [5, 5.41) is 29.0. The van der Waals surface area contributed by atoms with Crippen LogP contribution in [0.5, 0.6) is 0 Å². The van der Waals surface area contributed by atoms with Gasteiger partial charge in [-0.05, 0) is 0 Å². The molecule has 0 aliphatic carbocycles. The fourth-order valence-corrected chi connectivity index (χ4v) is 2.24. The number of carbonyl (C=O) groups is 1. The Labute approximate surface area is 117 Å². The summed E-state index contributed by atoms with van der Waals surface area (Å²) in [4.78, 5) is 36.9. The third kappa shape index (κ3) is 2.17. The number of nitrogens with one attached hydrogen (secondary N) is 1. The number of hydrogen-bond acceptors (Lipinski definition) is 8. The number of nitrogens with zero attached hydrogens (tertiary/aromatic N) is 1. The van der Waals surface area contributed by atoms with Gasteiger partial charge in [0.25, 0.3) is 11.3 Å². The van der Waals surface area contributed by atoms with Crippen LogP contribution in [0.1, 0.15) is 0 Å². The largest absolute Gasteiger partial charge is 0.465 e. The highest BCUT2D eigenvalue weighted by atomic mass is 16.6. The first kappa shape index (κ1) is 15.4. The molecule has 4 atom stereocenters. The minimum atomic E-state index is -2.40. The Morgan fingerprint density at radius 3 is 2.67 bits per heavy atom. The normalized spacial score (nSPS) is 32.1. The zero-order valence-corrected chi connectivity index (χ0v) is 10.9. The monoisotopic (exact) mass is 302 g/mol. The van der Waals surface area contributed by atoms with Crippen LogP contribution < -0.4 is 11.2 Å². The van der Waals surface area contributed by atoms with Gasteiger partial charge in [0.15, 0.2) is 0 Å². The SMILES string of the molecule is COC(=O)[C@@]1(n2ccc(=O)[nH]c2=O)O[C@H](CO)[C@@H](O)[C@H]1O. The zero-order chi connectivity index (χ0) is 15.8. The minimum absolute atomic E-state index is 0.601. The van der Waals surface area contributed by atoms with Crippen molar-refractivity contribution in [3.8, 4) is 0 Å². The maximum absolute atomic E-state index is 12.0. The van der Waals surface area contributed by atoms with Gasteiger partial charge in [0.2, 0.25) is 0 Å².